The van der Waals surface area contributed by atoms with Crippen LogP contribution in [0.15, 0.2) is 47.3 Å². The van der Waals surface area contributed by atoms with Gasteiger partial charge in [-0.2, -0.15) is 0 Å². The van der Waals surface area contributed by atoms with Crippen molar-refractivity contribution in [2.45, 2.75) is 24.3 Å². The second kappa shape index (κ2) is 4.53. The number of nitrogens with zero attached hydrogens (tertiary/aromatic N) is 1. The molecular formula is C17H17FN2O. The van der Waals surface area contributed by atoms with Gasteiger partial charge < -0.3 is 9.88 Å². The highest BCUT2D eigenvalue weighted by Crippen LogP contribution is 2.43. The standard InChI is InChI=1S/C17H17FN2O/c18-14-5-2-1-4-13(14)17-8-12(9-19-10-17)15-6-3-7-16(21)20(15)11-17/h1-7,12,19H,8-11H2/t12-,17-/m1/s1. The maximum absolute atomic E-state index is 14.3. The van der Waals surface area contributed by atoms with Gasteiger partial charge in [0.05, 0.1) is 0 Å². The predicted octanol–water partition coefficient (Wildman–Crippen LogP) is 2.02. The Kier molecular flexibility index (Phi) is 2.76. The van der Waals surface area contributed by atoms with E-state index in [4.69, 9.17) is 0 Å². The Hall–Kier alpha value is -1.94. The van der Waals surface area contributed by atoms with Crippen LogP contribution in [0.3, 0.4) is 0 Å². The van der Waals surface area contributed by atoms with Gasteiger partial charge in [-0.3, -0.25) is 4.79 Å². The van der Waals surface area contributed by atoms with Crippen molar-refractivity contribution in [1.82, 2.24) is 9.88 Å². The molecule has 108 valence electrons. The minimum atomic E-state index is -0.327. The average Bonchev–Trinajstić information content (AvgIpc) is 2.49. The fraction of sp³-hybridized carbons (Fsp3) is 0.353. The number of nitrogens with one attached hydrogen (secondary N) is 1. The highest BCUT2D eigenvalue weighted by molar-refractivity contribution is 5.33. The molecule has 2 aliphatic rings. The number of rotatable bonds is 1. The van der Waals surface area contributed by atoms with E-state index in [9.17, 15) is 9.18 Å². The lowest BCUT2D eigenvalue weighted by Gasteiger charge is -2.47. The summed E-state index contributed by atoms with van der Waals surface area (Å²) in [4.78, 5) is 12.2. The smallest absolute Gasteiger partial charge is 0.250 e. The summed E-state index contributed by atoms with van der Waals surface area (Å²) < 4.78 is 16.2. The summed E-state index contributed by atoms with van der Waals surface area (Å²) in [7, 11) is 0. The lowest BCUT2D eigenvalue weighted by atomic mass is 9.68. The molecule has 1 saturated heterocycles. The molecule has 1 N–H and O–H groups in total. The Morgan fingerprint density at radius 3 is 2.90 bits per heavy atom. The molecular weight excluding hydrogens is 267 g/mol. The first-order valence-electron chi connectivity index (χ1n) is 7.35. The van der Waals surface area contributed by atoms with Gasteiger partial charge in [0.15, 0.2) is 0 Å². The number of hydrogen-bond acceptors (Lipinski definition) is 2. The summed E-state index contributed by atoms with van der Waals surface area (Å²) in [6.07, 6.45) is 0.893. The Morgan fingerprint density at radius 2 is 2.05 bits per heavy atom. The van der Waals surface area contributed by atoms with Crippen molar-refractivity contribution in [2.75, 3.05) is 13.1 Å². The minimum Gasteiger partial charge on any atom is -0.315 e. The zero-order valence-electron chi connectivity index (χ0n) is 11.7. The number of fused-ring (bicyclic) bond motifs is 4. The van der Waals surface area contributed by atoms with Gasteiger partial charge in [-0.15, -0.1) is 0 Å². The molecule has 2 atom stereocenters. The number of benzene rings is 1. The van der Waals surface area contributed by atoms with Crippen LogP contribution in [0.4, 0.5) is 4.39 Å². The lowest BCUT2D eigenvalue weighted by Crippen LogP contribution is -2.55. The van der Waals surface area contributed by atoms with Crippen LogP contribution in [0.5, 0.6) is 0 Å². The number of hydrogen-bond donors (Lipinski definition) is 1. The second-order valence-corrected chi connectivity index (χ2v) is 6.17. The molecule has 3 nitrogen and oxygen atoms in total. The Morgan fingerprint density at radius 1 is 1.19 bits per heavy atom. The number of pyridine rings is 1. The summed E-state index contributed by atoms with van der Waals surface area (Å²) in [5.74, 6) is 0.0911. The zero-order chi connectivity index (χ0) is 14.4. The molecule has 0 spiro atoms. The highest BCUT2D eigenvalue weighted by atomic mass is 19.1. The summed E-state index contributed by atoms with van der Waals surface area (Å²) >= 11 is 0. The predicted molar refractivity (Wildman–Crippen MR) is 79.0 cm³/mol. The first-order chi connectivity index (χ1) is 10.2. The molecule has 0 radical (unpaired) electrons. The van der Waals surface area contributed by atoms with Crippen molar-refractivity contribution in [3.05, 3.63) is 69.9 Å². The third kappa shape index (κ3) is 1.86. The third-order valence-corrected chi connectivity index (χ3v) is 4.90. The molecule has 2 aromatic rings. The van der Waals surface area contributed by atoms with Crippen molar-refractivity contribution in [2.24, 2.45) is 0 Å². The van der Waals surface area contributed by atoms with Crippen LogP contribution < -0.4 is 10.9 Å². The van der Waals surface area contributed by atoms with Crippen molar-refractivity contribution in [3.63, 3.8) is 0 Å². The van der Waals surface area contributed by atoms with E-state index in [1.54, 1.807) is 12.1 Å². The Bertz CT molecular complexity index is 754. The summed E-state index contributed by atoms with van der Waals surface area (Å²) in [6, 6.07) is 12.4. The van der Waals surface area contributed by atoms with Crippen LogP contribution in [-0.4, -0.2) is 17.7 Å². The second-order valence-electron chi connectivity index (χ2n) is 6.17. The molecule has 0 saturated carbocycles. The molecule has 4 heteroatoms. The van der Waals surface area contributed by atoms with E-state index < -0.39 is 0 Å². The number of halogens is 1. The van der Waals surface area contributed by atoms with Gasteiger partial charge in [-0.1, -0.05) is 24.3 Å². The van der Waals surface area contributed by atoms with E-state index in [1.165, 1.54) is 6.07 Å². The van der Waals surface area contributed by atoms with Crippen LogP contribution in [0, 0.1) is 5.82 Å². The Balaban J connectivity index is 1.90. The van der Waals surface area contributed by atoms with Gasteiger partial charge in [0.25, 0.3) is 5.56 Å². The zero-order valence-corrected chi connectivity index (χ0v) is 11.7. The van der Waals surface area contributed by atoms with E-state index in [0.717, 1.165) is 24.2 Å². The lowest BCUT2D eigenvalue weighted by molar-refractivity contribution is 0.202. The maximum atomic E-state index is 14.3. The Labute approximate surface area is 122 Å². The van der Waals surface area contributed by atoms with Crippen LogP contribution in [0.1, 0.15) is 23.6 Å². The van der Waals surface area contributed by atoms with Crippen LogP contribution in [0.2, 0.25) is 0 Å². The number of piperidine rings is 1. The SMILES string of the molecule is O=c1cccc2n1C[C@]1(c3ccccc3F)CNC[C@H]2C1. The molecule has 0 aliphatic carbocycles. The van der Waals surface area contributed by atoms with Gasteiger partial charge in [0.2, 0.25) is 0 Å². The molecule has 0 amide bonds. The molecule has 1 fully saturated rings. The molecule has 2 aliphatic heterocycles. The summed E-state index contributed by atoms with van der Waals surface area (Å²) in [5.41, 5.74) is 1.48. The van der Waals surface area contributed by atoms with Crippen molar-refractivity contribution in [1.29, 1.82) is 0 Å². The van der Waals surface area contributed by atoms with Gasteiger partial charge in [-0.25, -0.2) is 4.39 Å². The van der Waals surface area contributed by atoms with Crippen LogP contribution >= 0.6 is 0 Å². The maximum Gasteiger partial charge on any atom is 0.250 e. The average molecular weight is 284 g/mol. The van der Waals surface area contributed by atoms with Crippen LogP contribution in [0.25, 0.3) is 0 Å². The molecule has 1 aromatic carbocycles. The van der Waals surface area contributed by atoms with Crippen molar-refractivity contribution >= 4 is 0 Å². The van der Waals surface area contributed by atoms with Gasteiger partial charge in [0, 0.05) is 42.7 Å². The fourth-order valence-corrected chi connectivity index (χ4v) is 3.98. The van der Waals surface area contributed by atoms with Gasteiger partial charge in [-0.05, 0) is 24.1 Å². The molecule has 4 rings (SSSR count). The fourth-order valence-electron chi connectivity index (χ4n) is 3.98. The minimum absolute atomic E-state index is 0.0137. The van der Waals surface area contributed by atoms with E-state index in [-0.39, 0.29) is 22.7 Å². The highest BCUT2D eigenvalue weighted by Gasteiger charge is 2.44. The molecule has 3 heterocycles. The first-order valence-corrected chi connectivity index (χ1v) is 7.35. The van der Waals surface area contributed by atoms with Crippen molar-refractivity contribution in [3.8, 4) is 0 Å². The van der Waals surface area contributed by atoms with E-state index in [1.807, 2.05) is 28.8 Å². The van der Waals surface area contributed by atoms with Gasteiger partial charge in [0.1, 0.15) is 5.82 Å². The normalized spacial score (nSPS) is 27.2. The topological polar surface area (TPSA) is 34.0 Å². The largest absolute Gasteiger partial charge is 0.315 e. The van der Waals surface area contributed by atoms with Crippen LogP contribution in [-0.2, 0) is 12.0 Å². The summed E-state index contributed by atoms with van der Waals surface area (Å²) in [6.45, 7) is 2.11. The van der Waals surface area contributed by atoms with E-state index >= 15 is 0 Å². The van der Waals surface area contributed by atoms with E-state index in [0.29, 0.717) is 13.1 Å². The molecule has 1 aromatic heterocycles. The molecule has 21 heavy (non-hydrogen) atoms. The van der Waals surface area contributed by atoms with Gasteiger partial charge >= 0.3 is 0 Å². The summed E-state index contributed by atoms with van der Waals surface area (Å²) in [5, 5.41) is 3.43. The first kappa shape index (κ1) is 12.8. The van der Waals surface area contributed by atoms with Crippen molar-refractivity contribution < 1.29 is 4.39 Å². The third-order valence-electron chi connectivity index (χ3n) is 4.90. The monoisotopic (exact) mass is 284 g/mol. The number of aromatic nitrogens is 1. The molecule has 2 bridgehead atoms. The molecule has 0 unspecified atom stereocenters. The van der Waals surface area contributed by atoms with E-state index in [2.05, 4.69) is 5.32 Å². The quantitative estimate of drug-likeness (QED) is 0.869.